The Bertz CT molecular complexity index is 453. The summed E-state index contributed by atoms with van der Waals surface area (Å²) in [5, 5.41) is 9.06. The molecule has 0 unspecified atom stereocenters. The van der Waals surface area contributed by atoms with Crippen LogP contribution in [0, 0.1) is 6.57 Å². The Morgan fingerprint density at radius 2 is 2.06 bits per heavy atom. The summed E-state index contributed by atoms with van der Waals surface area (Å²) >= 11 is 0. The minimum atomic E-state index is -0.782. The maximum atomic E-state index is 11.4. The molecular weight excluding hydrogens is 218 g/mol. The molecule has 0 amide bonds. The van der Waals surface area contributed by atoms with Crippen LogP contribution in [-0.2, 0) is 16.0 Å². The highest BCUT2D eigenvalue weighted by Crippen LogP contribution is 2.06. The summed E-state index contributed by atoms with van der Waals surface area (Å²) in [6.07, 6.45) is 0.586. The Morgan fingerprint density at radius 3 is 2.59 bits per heavy atom. The first-order valence-electron chi connectivity index (χ1n) is 5.13. The zero-order valence-corrected chi connectivity index (χ0v) is 9.51. The first-order chi connectivity index (χ1) is 8.15. The van der Waals surface area contributed by atoms with Gasteiger partial charge in [-0.3, -0.25) is 4.79 Å². The molecule has 0 saturated carbocycles. The number of allylic oxidation sites excluding steroid dienone is 1. The number of ether oxygens (including phenoxy) is 1. The van der Waals surface area contributed by atoms with E-state index in [-0.39, 0.29) is 18.1 Å². The van der Waals surface area contributed by atoms with E-state index < -0.39 is 5.97 Å². The summed E-state index contributed by atoms with van der Waals surface area (Å²) in [6, 6.07) is 9.57. The van der Waals surface area contributed by atoms with Crippen molar-refractivity contribution in [3.63, 3.8) is 0 Å². The van der Waals surface area contributed by atoms with Crippen molar-refractivity contribution in [1.82, 2.24) is 0 Å². The van der Waals surface area contributed by atoms with Gasteiger partial charge in [0.15, 0.2) is 0 Å². The Balaban J connectivity index is 2.46. The Kier molecular flexibility index (Phi) is 4.77. The van der Waals surface area contributed by atoms with Crippen LogP contribution >= 0.6 is 0 Å². The average molecular weight is 231 g/mol. The van der Waals surface area contributed by atoms with Gasteiger partial charge in [-0.25, -0.2) is 4.85 Å². The van der Waals surface area contributed by atoms with Crippen molar-refractivity contribution in [1.29, 1.82) is 0 Å². The number of benzene rings is 1. The van der Waals surface area contributed by atoms with Crippen molar-refractivity contribution >= 4 is 5.97 Å². The van der Waals surface area contributed by atoms with Gasteiger partial charge in [0.2, 0.25) is 0 Å². The molecule has 0 spiro atoms. The van der Waals surface area contributed by atoms with Crippen LogP contribution in [0.3, 0.4) is 0 Å². The maximum absolute atomic E-state index is 11.4. The van der Waals surface area contributed by atoms with Crippen LogP contribution in [0.5, 0.6) is 0 Å². The third-order valence-corrected chi connectivity index (χ3v) is 2.11. The zero-order valence-electron chi connectivity index (χ0n) is 9.51. The number of esters is 1. The molecule has 0 aliphatic rings. The summed E-state index contributed by atoms with van der Waals surface area (Å²) in [5.41, 5.74) is 0.687. The monoisotopic (exact) mass is 231 g/mol. The standard InChI is InChI=1S/C13H13NO3/c1-10(15)12(14-2)13(16)17-9-8-11-6-4-3-5-7-11/h3-7,15H,8-9H2,1H3/b12-10+. The van der Waals surface area contributed by atoms with Crippen LogP contribution in [-0.4, -0.2) is 17.7 Å². The zero-order chi connectivity index (χ0) is 12.7. The third-order valence-electron chi connectivity index (χ3n) is 2.11. The van der Waals surface area contributed by atoms with Crippen LogP contribution in [0.25, 0.3) is 4.85 Å². The van der Waals surface area contributed by atoms with Crippen molar-refractivity contribution in [3.05, 3.63) is 58.8 Å². The van der Waals surface area contributed by atoms with Crippen molar-refractivity contribution < 1.29 is 14.6 Å². The van der Waals surface area contributed by atoms with Crippen molar-refractivity contribution in [2.75, 3.05) is 6.61 Å². The van der Waals surface area contributed by atoms with Gasteiger partial charge in [0.1, 0.15) is 5.76 Å². The predicted octanol–water partition coefficient (Wildman–Crippen LogP) is 2.48. The molecular formula is C13H13NO3. The molecule has 0 aliphatic carbocycles. The van der Waals surface area contributed by atoms with E-state index >= 15 is 0 Å². The average Bonchev–Trinajstić information content (AvgIpc) is 2.30. The largest absolute Gasteiger partial charge is 0.523 e. The molecule has 1 aromatic carbocycles. The van der Waals surface area contributed by atoms with E-state index in [4.69, 9.17) is 16.4 Å². The first kappa shape index (κ1) is 12.8. The predicted molar refractivity (Wildman–Crippen MR) is 63.0 cm³/mol. The van der Waals surface area contributed by atoms with Gasteiger partial charge in [0.25, 0.3) is 0 Å². The summed E-state index contributed by atoms with van der Waals surface area (Å²) in [7, 11) is 0. The minimum absolute atomic E-state index is 0.190. The quantitative estimate of drug-likeness (QED) is 0.375. The number of nitrogens with zero attached hydrogens (tertiary/aromatic N) is 1. The number of hydrogen-bond acceptors (Lipinski definition) is 3. The van der Waals surface area contributed by atoms with E-state index in [2.05, 4.69) is 4.85 Å². The number of rotatable bonds is 4. The van der Waals surface area contributed by atoms with Gasteiger partial charge in [-0.2, -0.15) is 0 Å². The third kappa shape index (κ3) is 3.99. The van der Waals surface area contributed by atoms with E-state index in [9.17, 15) is 4.79 Å². The molecule has 0 fully saturated rings. The Hall–Kier alpha value is -2.28. The second-order valence-electron chi connectivity index (χ2n) is 3.42. The second kappa shape index (κ2) is 6.33. The van der Waals surface area contributed by atoms with E-state index in [1.54, 1.807) is 0 Å². The van der Waals surface area contributed by atoms with Gasteiger partial charge in [-0.1, -0.05) is 30.3 Å². The number of carbonyl (C=O) groups excluding carboxylic acids is 1. The fourth-order valence-electron chi connectivity index (χ4n) is 1.25. The molecule has 1 N–H and O–H groups in total. The Labute approximate surface area is 100.0 Å². The fourth-order valence-corrected chi connectivity index (χ4v) is 1.25. The number of carbonyl (C=O) groups is 1. The maximum Gasteiger partial charge on any atom is 0.339 e. The van der Waals surface area contributed by atoms with Crippen LogP contribution in [0.4, 0.5) is 0 Å². The molecule has 0 bridgehead atoms. The summed E-state index contributed by atoms with van der Waals surface area (Å²) < 4.78 is 4.89. The SMILES string of the molecule is [C-]#[N+]/C(C(=O)OCCc1ccccc1)=C(\C)O. The molecule has 1 rings (SSSR count). The lowest BCUT2D eigenvalue weighted by Gasteiger charge is -2.04. The lowest BCUT2D eigenvalue weighted by molar-refractivity contribution is -0.138. The molecule has 4 heteroatoms. The molecule has 4 nitrogen and oxygen atoms in total. The molecule has 0 atom stereocenters. The normalized spacial score (nSPS) is 11.3. The smallest absolute Gasteiger partial charge is 0.339 e. The highest BCUT2D eigenvalue weighted by Gasteiger charge is 2.14. The van der Waals surface area contributed by atoms with E-state index in [0.29, 0.717) is 6.42 Å². The molecule has 0 heterocycles. The lowest BCUT2D eigenvalue weighted by Crippen LogP contribution is -2.10. The van der Waals surface area contributed by atoms with Crippen LogP contribution in [0.2, 0.25) is 0 Å². The highest BCUT2D eigenvalue weighted by atomic mass is 16.5. The lowest BCUT2D eigenvalue weighted by atomic mass is 10.2. The van der Waals surface area contributed by atoms with Gasteiger partial charge in [-0.15, -0.1) is 0 Å². The van der Waals surface area contributed by atoms with Crippen LogP contribution in [0.1, 0.15) is 12.5 Å². The summed E-state index contributed by atoms with van der Waals surface area (Å²) in [4.78, 5) is 14.3. The van der Waals surface area contributed by atoms with Crippen LogP contribution < -0.4 is 0 Å². The van der Waals surface area contributed by atoms with Gasteiger partial charge >= 0.3 is 11.7 Å². The van der Waals surface area contributed by atoms with Gasteiger partial charge in [0.05, 0.1) is 13.2 Å². The number of aliphatic hydroxyl groups is 1. The van der Waals surface area contributed by atoms with Gasteiger partial charge in [-0.05, 0) is 12.5 Å². The van der Waals surface area contributed by atoms with Crippen molar-refractivity contribution in [2.45, 2.75) is 13.3 Å². The number of aliphatic hydroxyl groups excluding tert-OH is 1. The number of hydrogen-bond donors (Lipinski definition) is 1. The van der Waals surface area contributed by atoms with Crippen molar-refractivity contribution in [3.8, 4) is 0 Å². The molecule has 0 radical (unpaired) electrons. The minimum Gasteiger partial charge on any atom is -0.523 e. The first-order valence-corrected chi connectivity index (χ1v) is 5.13. The van der Waals surface area contributed by atoms with Gasteiger partial charge < -0.3 is 9.84 Å². The molecule has 1 aromatic rings. The molecule has 0 aliphatic heterocycles. The van der Waals surface area contributed by atoms with Crippen molar-refractivity contribution in [2.24, 2.45) is 0 Å². The van der Waals surface area contributed by atoms with Gasteiger partial charge in [0, 0.05) is 6.42 Å². The second-order valence-corrected chi connectivity index (χ2v) is 3.42. The Morgan fingerprint density at radius 1 is 1.41 bits per heavy atom. The van der Waals surface area contributed by atoms with E-state index in [1.807, 2.05) is 30.3 Å². The topological polar surface area (TPSA) is 50.9 Å². The van der Waals surface area contributed by atoms with E-state index in [0.717, 1.165) is 5.56 Å². The highest BCUT2D eigenvalue weighted by molar-refractivity contribution is 5.90. The summed E-state index contributed by atoms with van der Waals surface area (Å²) in [6.45, 7) is 8.20. The molecule has 88 valence electrons. The fraction of sp³-hybridized carbons (Fsp3) is 0.231. The van der Waals surface area contributed by atoms with Crippen LogP contribution in [0.15, 0.2) is 41.8 Å². The van der Waals surface area contributed by atoms with E-state index in [1.165, 1.54) is 6.92 Å². The molecule has 17 heavy (non-hydrogen) atoms. The summed E-state index contributed by atoms with van der Waals surface area (Å²) in [5.74, 6) is -1.10. The molecule has 0 saturated heterocycles. The molecule has 0 aromatic heterocycles.